The van der Waals surface area contributed by atoms with Crippen molar-refractivity contribution in [2.24, 2.45) is 5.73 Å². The second-order valence-corrected chi connectivity index (χ2v) is 4.86. The number of fused-ring (bicyclic) bond motifs is 1. The van der Waals surface area contributed by atoms with Crippen molar-refractivity contribution in [2.45, 2.75) is 39.0 Å². The van der Waals surface area contributed by atoms with Gasteiger partial charge < -0.3 is 10.6 Å². The van der Waals surface area contributed by atoms with Crippen LogP contribution in [-0.2, 0) is 17.6 Å². The van der Waals surface area contributed by atoms with E-state index in [1.165, 1.54) is 11.1 Å². The van der Waals surface area contributed by atoms with E-state index in [-0.39, 0.29) is 5.91 Å². The minimum Gasteiger partial charge on any atom is -0.330 e. The Morgan fingerprint density at radius 1 is 1.44 bits per heavy atom. The molecule has 0 saturated heterocycles. The van der Waals surface area contributed by atoms with Crippen LogP contribution in [-0.4, -0.2) is 19.0 Å². The first-order chi connectivity index (χ1) is 8.76. The summed E-state index contributed by atoms with van der Waals surface area (Å²) in [7, 11) is 0. The normalized spacial score (nSPS) is 14.4. The van der Waals surface area contributed by atoms with Gasteiger partial charge in [0.15, 0.2) is 0 Å². The molecule has 0 unspecified atom stereocenters. The molecule has 18 heavy (non-hydrogen) atoms. The number of nitrogens with zero attached hydrogens (tertiary/aromatic N) is 1. The second-order valence-electron chi connectivity index (χ2n) is 4.86. The zero-order chi connectivity index (χ0) is 13.0. The number of anilines is 1. The summed E-state index contributed by atoms with van der Waals surface area (Å²) in [5.74, 6) is 0.227. The Morgan fingerprint density at radius 3 is 3.00 bits per heavy atom. The minimum atomic E-state index is 0.227. The third-order valence-electron chi connectivity index (χ3n) is 3.54. The average Bonchev–Trinajstić information content (AvgIpc) is 2.43. The van der Waals surface area contributed by atoms with Gasteiger partial charge >= 0.3 is 0 Å². The SMILES string of the molecule is CCC(=O)N1CCCc2cc(CCCN)ccc21. The van der Waals surface area contributed by atoms with Crippen molar-refractivity contribution in [2.75, 3.05) is 18.0 Å². The molecule has 0 radical (unpaired) electrons. The van der Waals surface area contributed by atoms with Gasteiger partial charge in [0.1, 0.15) is 0 Å². The molecule has 0 saturated carbocycles. The molecule has 0 aliphatic carbocycles. The van der Waals surface area contributed by atoms with E-state index in [0.29, 0.717) is 6.42 Å². The molecule has 0 atom stereocenters. The highest BCUT2D eigenvalue weighted by Crippen LogP contribution is 2.28. The first-order valence-corrected chi connectivity index (χ1v) is 6.88. The average molecular weight is 246 g/mol. The largest absolute Gasteiger partial charge is 0.330 e. The lowest BCUT2D eigenvalue weighted by molar-refractivity contribution is -0.118. The van der Waals surface area contributed by atoms with Crippen LogP contribution in [0.4, 0.5) is 5.69 Å². The van der Waals surface area contributed by atoms with Gasteiger partial charge in [0.2, 0.25) is 5.91 Å². The number of carbonyl (C=O) groups excluding carboxylic acids is 1. The van der Waals surface area contributed by atoms with E-state index in [1.54, 1.807) is 0 Å². The van der Waals surface area contributed by atoms with Gasteiger partial charge in [-0.05, 0) is 49.4 Å². The molecule has 1 aromatic rings. The quantitative estimate of drug-likeness (QED) is 0.886. The first kappa shape index (κ1) is 13.1. The lowest BCUT2D eigenvalue weighted by Gasteiger charge is -2.29. The van der Waals surface area contributed by atoms with Crippen molar-refractivity contribution < 1.29 is 4.79 Å². The molecule has 2 N–H and O–H groups in total. The van der Waals surface area contributed by atoms with Crippen LogP contribution in [0.25, 0.3) is 0 Å². The molecule has 2 rings (SSSR count). The number of hydrogen-bond acceptors (Lipinski definition) is 2. The van der Waals surface area contributed by atoms with Gasteiger partial charge in [-0.25, -0.2) is 0 Å². The van der Waals surface area contributed by atoms with Crippen molar-refractivity contribution in [3.05, 3.63) is 29.3 Å². The number of hydrogen-bond donors (Lipinski definition) is 1. The second kappa shape index (κ2) is 6.01. The van der Waals surface area contributed by atoms with Crippen LogP contribution < -0.4 is 10.6 Å². The maximum Gasteiger partial charge on any atom is 0.226 e. The number of aryl methyl sites for hydroxylation is 2. The summed E-state index contributed by atoms with van der Waals surface area (Å²) in [6, 6.07) is 6.49. The predicted molar refractivity (Wildman–Crippen MR) is 74.8 cm³/mol. The fourth-order valence-electron chi connectivity index (χ4n) is 2.56. The van der Waals surface area contributed by atoms with Crippen molar-refractivity contribution in [1.29, 1.82) is 0 Å². The van der Waals surface area contributed by atoms with Crippen LogP contribution in [0.15, 0.2) is 18.2 Å². The fourth-order valence-corrected chi connectivity index (χ4v) is 2.56. The maximum absolute atomic E-state index is 11.9. The molecule has 1 aliphatic rings. The van der Waals surface area contributed by atoms with Gasteiger partial charge in [0, 0.05) is 18.7 Å². The van der Waals surface area contributed by atoms with Gasteiger partial charge in [-0.3, -0.25) is 4.79 Å². The van der Waals surface area contributed by atoms with Gasteiger partial charge in [-0.2, -0.15) is 0 Å². The van der Waals surface area contributed by atoms with Gasteiger partial charge in [-0.15, -0.1) is 0 Å². The molecule has 0 spiro atoms. The summed E-state index contributed by atoms with van der Waals surface area (Å²) >= 11 is 0. The first-order valence-electron chi connectivity index (χ1n) is 6.88. The van der Waals surface area contributed by atoms with E-state index in [0.717, 1.165) is 44.5 Å². The highest BCUT2D eigenvalue weighted by atomic mass is 16.2. The topological polar surface area (TPSA) is 46.3 Å². The number of amides is 1. The highest BCUT2D eigenvalue weighted by Gasteiger charge is 2.21. The number of rotatable bonds is 4. The lowest BCUT2D eigenvalue weighted by Crippen LogP contribution is -2.34. The van der Waals surface area contributed by atoms with Crippen LogP contribution in [0.1, 0.15) is 37.3 Å². The van der Waals surface area contributed by atoms with Crippen LogP contribution in [0.5, 0.6) is 0 Å². The summed E-state index contributed by atoms with van der Waals surface area (Å²) in [4.78, 5) is 13.8. The zero-order valence-corrected chi connectivity index (χ0v) is 11.1. The van der Waals surface area contributed by atoms with E-state index in [1.807, 2.05) is 11.8 Å². The Balaban J connectivity index is 2.22. The van der Waals surface area contributed by atoms with Crippen LogP contribution in [0.2, 0.25) is 0 Å². The molecule has 3 nitrogen and oxygen atoms in total. The molecule has 0 aromatic heterocycles. The number of benzene rings is 1. The minimum absolute atomic E-state index is 0.227. The Morgan fingerprint density at radius 2 is 2.28 bits per heavy atom. The summed E-state index contributed by atoms with van der Waals surface area (Å²) in [5.41, 5.74) is 9.31. The Hall–Kier alpha value is -1.35. The van der Waals surface area contributed by atoms with Crippen LogP contribution in [0.3, 0.4) is 0 Å². The van der Waals surface area contributed by atoms with Crippen LogP contribution in [0, 0.1) is 0 Å². The highest BCUT2D eigenvalue weighted by molar-refractivity contribution is 5.94. The number of carbonyl (C=O) groups is 1. The molecule has 0 bridgehead atoms. The Kier molecular flexibility index (Phi) is 4.37. The molecule has 1 amide bonds. The molecule has 1 aliphatic heterocycles. The summed E-state index contributed by atoms with van der Waals surface area (Å²) in [6.45, 7) is 3.52. The molecule has 98 valence electrons. The fraction of sp³-hybridized carbons (Fsp3) is 0.533. The van der Waals surface area contributed by atoms with Crippen molar-refractivity contribution in [1.82, 2.24) is 0 Å². The standard InChI is InChI=1S/C15H22N2O/c1-2-15(18)17-10-4-6-13-11-12(5-3-9-16)7-8-14(13)17/h7-8,11H,2-6,9-10,16H2,1H3. The van der Waals surface area contributed by atoms with E-state index >= 15 is 0 Å². The molecule has 3 heteroatoms. The van der Waals surface area contributed by atoms with E-state index in [2.05, 4.69) is 18.2 Å². The van der Waals surface area contributed by atoms with E-state index < -0.39 is 0 Å². The lowest BCUT2D eigenvalue weighted by atomic mass is 9.97. The van der Waals surface area contributed by atoms with E-state index in [9.17, 15) is 4.79 Å². The number of nitrogens with two attached hydrogens (primary N) is 1. The predicted octanol–water partition coefficient (Wildman–Crippen LogP) is 2.27. The van der Waals surface area contributed by atoms with E-state index in [4.69, 9.17) is 5.73 Å². The summed E-state index contributed by atoms with van der Waals surface area (Å²) in [6.07, 6.45) is 4.79. The van der Waals surface area contributed by atoms with Gasteiger partial charge in [-0.1, -0.05) is 19.1 Å². The van der Waals surface area contributed by atoms with Gasteiger partial charge in [0.05, 0.1) is 0 Å². The van der Waals surface area contributed by atoms with Crippen molar-refractivity contribution in [3.8, 4) is 0 Å². The Labute approximate surface area is 109 Å². The Bertz CT molecular complexity index is 429. The summed E-state index contributed by atoms with van der Waals surface area (Å²) in [5, 5.41) is 0. The monoisotopic (exact) mass is 246 g/mol. The zero-order valence-electron chi connectivity index (χ0n) is 11.1. The molecule has 1 heterocycles. The smallest absolute Gasteiger partial charge is 0.226 e. The van der Waals surface area contributed by atoms with Crippen molar-refractivity contribution >= 4 is 11.6 Å². The third-order valence-corrected chi connectivity index (χ3v) is 3.54. The van der Waals surface area contributed by atoms with Crippen LogP contribution >= 0.6 is 0 Å². The molecular formula is C15H22N2O. The third kappa shape index (κ3) is 2.72. The van der Waals surface area contributed by atoms with Crippen molar-refractivity contribution in [3.63, 3.8) is 0 Å². The molecular weight excluding hydrogens is 224 g/mol. The maximum atomic E-state index is 11.9. The summed E-state index contributed by atoms with van der Waals surface area (Å²) < 4.78 is 0. The van der Waals surface area contributed by atoms with Gasteiger partial charge in [0.25, 0.3) is 0 Å². The molecule has 0 fully saturated rings. The molecule has 1 aromatic carbocycles.